The number of aliphatic hydroxyl groups excluding tert-OH is 1. The predicted molar refractivity (Wildman–Crippen MR) is 73.3 cm³/mol. The summed E-state index contributed by atoms with van der Waals surface area (Å²) in [6.45, 7) is 4.47. The van der Waals surface area contributed by atoms with Crippen molar-refractivity contribution < 1.29 is 19.8 Å². The van der Waals surface area contributed by atoms with Gasteiger partial charge in [0, 0.05) is 19.0 Å². The van der Waals surface area contributed by atoms with Gasteiger partial charge in [-0.25, -0.2) is 9.59 Å². The molecule has 2 rings (SSSR count). The SMILES string of the molecule is CC1(C)CCCC(NC(=O)N2C[C@H](O)C[C@H]2C(=O)O)C1. The molecule has 2 amide bonds. The van der Waals surface area contributed by atoms with Crippen molar-refractivity contribution in [2.75, 3.05) is 6.54 Å². The summed E-state index contributed by atoms with van der Waals surface area (Å²) < 4.78 is 0. The molecule has 6 nitrogen and oxygen atoms in total. The Kier molecular flexibility index (Phi) is 4.22. The van der Waals surface area contributed by atoms with Crippen LogP contribution in [0.15, 0.2) is 0 Å². The highest BCUT2D eigenvalue weighted by Crippen LogP contribution is 2.35. The van der Waals surface area contributed by atoms with Crippen molar-refractivity contribution in [1.29, 1.82) is 0 Å². The van der Waals surface area contributed by atoms with Gasteiger partial charge in [0.25, 0.3) is 0 Å². The molecule has 0 bridgehead atoms. The zero-order chi connectivity index (χ0) is 14.9. The van der Waals surface area contributed by atoms with Crippen LogP contribution in [0.5, 0.6) is 0 Å². The van der Waals surface area contributed by atoms with Crippen molar-refractivity contribution in [3.8, 4) is 0 Å². The summed E-state index contributed by atoms with van der Waals surface area (Å²) in [7, 11) is 0. The Labute approximate surface area is 119 Å². The maximum atomic E-state index is 12.2. The number of aliphatic hydroxyl groups is 1. The zero-order valence-electron chi connectivity index (χ0n) is 12.1. The third-order valence-electron chi connectivity index (χ3n) is 4.36. The summed E-state index contributed by atoms with van der Waals surface area (Å²) in [5.41, 5.74) is 0.215. The zero-order valence-corrected chi connectivity index (χ0v) is 12.1. The monoisotopic (exact) mass is 284 g/mol. The van der Waals surface area contributed by atoms with Crippen LogP contribution in [0.2, 0.25) is 0 Å². The fraction of sp³-hybridized carbons (Fsp3) is 0.857. The molecular weight excluding hydrogens is 260 g/mol. The Balaban J connectivity index is 1.95. The van der Waals surface area contributed by atoms with Gasteiger partial charge in [-0.1, -0.05) is 20.3 Å². The van der Waals surface area contributed by atoms with E-state index < -0.39 is 18.1 Å². The lowest BCUT2D eigenvalue weighted by Gasteiger charge is -2.36. The van der Waals surface area contributed by atoms with E-state index in [0.717, 1.165) is 25.7 Å². The van der Waals surface area contributed by atoms with Crippen LogP contribution in [0.4, 0.5) is 4.79 Å². The standard InChI is InChI=1S/C14H24N2O4/c1-14(2)5-3-4-9(7-14)15-13(20)16-8-10(17)6-11(16)12(18)19/h9-11,17H,3-8H2,1-2H3,(H,15,20)(H,18,19)/t9?,10-,11+/m1/s1. The van der Waals surface area contributed by atoms with E-state index in [1.54, 1.807) is 0 Å². The van der Waals surface area contributed by atoms with Crippen LogP contribution < -0.4 is 5.32 Å². The molecule has 1 aliphatic heterocycles. The molecule has 1 aliphatic carbocycles. The number of nitrogens with one attached hydrogen (secondary N) is 1. The van der Waals surface area contributed by atoms with E-state index in [9.17, 15) is 14.7 Å². The number of hydrogen-bond acceptors (Lipinski definition) is 3. The number of nitrogens with zero attached hydrogens (tertiary/aromatic N) is 1. The van der Waals surface area contributed by atoms with E-state index in [-0.39, 0.29) is 30.5 Å². The number of β-amino-alcohol motifs (C(OH)–C–C–N with tert-alkyl or cyclic N) is 1. The summed E-state index contributed by atoms with van der Waals surface area (Å²) in [6.07, 6.45) is 3.43. The number of aliphatic carboxylic acids is 1. The predicted octanol–water partition coefficient (Wildman–Crippen LogP) is 1.18. The fourth-order valence-electron chi connectivity index (χ4n) is 3.35. The largest absolute Gasteiger partial charge is 0.480 e. The maximum absolute atomic E-state index is 12.2. The summed E-state index contributed by atoms with van der Waals surface area (Å²) in [5, 5.41) is 21.6. The highest BCUT2D eigenvalue weighted by atomic mass is 16.4. The van der Waals surface area contributed by atoms with E-state index in [1.807, 2.05) is 0 Å². The maximum Gasteiger partial charge on any atom is 0.326 e. The number of amides is 2. The van der Waals surface area contributed by atoms with Gasteiger partial charge < -0.3 is 20.4 Å². The van der Waals surface area contributed by atoms with Gasteiger partial charge in [-0.05, 0) is 24.7 Å². The number of carbonyl (C=O) groups excluding carboxylic acids is 1. The number of carboxylic acids is 1. The van der Waals surface area contributed by atoms with Crippen LogP contribution >= 0.6 is 0 Å². The summed E-state index contributed by atoms with van der Waals surface area (Å²) in [4.78, 5) is 24.6. The second kappa shape index (κ2) is 5.60. The molecule has 3 N–H and O–H groups in total. The minimum atomic E-state index is -1.05. The molecule has 6 heteroatoms. The van der Waals surface area contributed by atoms with E-state index in [4.69, 9.17) is 5.11 Å². The lowest BCUT2D eigenvalue weighted by molar-refractivity contribution is -0.141. The van der Waals surface area contributed by atoms with Crippen molar-refractivity contribution >= 4 is 12.0 Å². The van der Waals surface area contributed by atoms with Crippen LogP contribution in [0.3, 0.4) is 0 Å². The number of carbonyl (C=O) groups is 2. The molecule has 0 radical (unpaired) electrons. The van der Waals surface area contributed by atoms with Crippen molar-refractivity contribution in [1.82, 2.24) is 10.2 Å². The van der Waals surface area contributed by atoms with Gasteiger partial charge in [0.15, 0.2) is 0 Å². The number of urea groups is 1. The Hall–Kier alpha value is -1.30. The first kappa shape index (κ1) is 15.1. The minimum absolute atomic E-state index is 0.0958. The highest BCUT2D eigenvalue weighted by molar-refractivity contribution is 5.83. The molecule has 1 unspecified atom stereocenters. The Bertz CT molecular complexity index is 397. The van der Waals surface area contributed by atoms with E-state index in [2.05, 4.69) is 19.2 Å². The van der Waals surface area contributed by atoms with Gasteiger partial charge in [0.1, 0.15) is 6.04 Å². The average molecular weight is 284 g/mol. The summed E-state index contributed by atoms with van der Waals surface area (Å²) >= 11 is 0. The third kappa shape index (κ3) is 3.42. The van der Waals surface area contributed by atoms with Crippen LogP contribution in [0.1, 0.15) is 46.0 Å². The minimum Gasteiger partial charge on any atom is -0.480 e. The van der Waals surface area contributed by atoms with Gasteiger partial charge in [0.05, 0.1) is 6.10 Å². The van der Waals surface area contributed by atoms with Crippen LogP contribution in [0.25, 0.3) is 0 Å². The summed E-state index contributed by atoms with van der Waals surface area (Å²) in [6, 6.07) is -1.18. The Morgan fingerprint density at radius 2 is 2.05 bits per heavy atom. The molecule has 2 aliphatic rings. The molecule has 0 aromatic rings. The first-order chi connectivity index (χ1) is 9.28. The smallest absolute Gasteiger partial charge is 0.326 e. The normalized spacial score (nSPS) is 33.0. The topological polar surface area (TPSA) is 89.9 Å². The second-order valence-corrected chi connectivity index (χ2v) is 6.80. The van der Waals surface area contributed by atoms with Crippen molar-refractivity contribution in [3.63, 3.8) is 0 Å². The molecule has 3 atom stereocenters. The number of carboxylic acid groups (broad SMARTS) is 1. The van der Waals surface area contributed by atoms with Crippen molar-refractivity contribution in [2.24, 2.45) is 5.41 Å². The fourth-order valence-corrected chi connectivity index (χ4v) is 3.35. The van der Waals surface area contributed by atoms with Gasteiger partial charge in [-0.15, -0.1) is 0 Å². The molecule has 114 valence electrons. The number of rotatable bonds is 2. The molecule has 1 saturated heterocycles. The molecule has 2 fully saturated rings. The van der Waals surface area contributed by atoms with Gasteiger partial charge in [-0.2, -0.15) is 0 Å². The molecule has 1 saturated carbocycles. The molecule has 1 heterocycles. The van der Waals surface area contributed by atoms with Crippen LogP contribution in [-0.4, -0.2) is 51.8 Å². The van der Waals surface area contributed by atoms with Gasteiger partial charge >= 0.3 is 12.0 Å². The molecule has 20 heavy (non-hydrogen) atoms. The molecule has 0 aromatic heterocycles. The molecule has 0 aromatic carbocycles. The van der Waals surface area contributed by atoms with Crippen LogP contribution in [0, 0.1) is 5.41 Å². The Morgan fingerprint density at radius 1 is 1.35 bits per heavy atom. The van der Waals surface area contributed by atoms with Crippen LogP contribution in [-0.2, 0) is 4.79 Å². The average Bonchev–Trinajstić information content (AvgIpc) is 2.70. The van der Waals surface area contributed by atoms with E-state index in [0.29, 0.717) is 0 Å². The third-order valence-corrected chi connectivity index (χ3v) is 4.36. The quantitative estimate of drug-likeness (QED) is 0.710. The second-order valence-electron chi connectivity index (χ2n) is 6.80. The lowest BCUT2D eigenvalue weighted by Crippen LogP contribution is -2.50. The van der Waals surface area contributed by atoms with Gasteiger partial charge in [0.2, 0.25) is 0 Å². The van der Waals surface area contributed by atoms with Crippen molar-refractivity contribution in [3.05, 3.63) is 0 Å². The first-order valence-electron chi connectivity index (χ1n) is 7.26. The molecule has 0 spiro atoms. The molecular formula is C14H24N2O4. The highest BCUT2D eigenvalue weighted by Gasteiger charge is 2.40. The Morgan fingerprint density at radius 3 is 2.65 bits per heavy atom. The first-order valence-corrected chi connectivity index (χ1v) is 7.26. The van der Waals surface area contributed by atoms with E-state index in [1.165, 1.54) is 4.90 Å². The van der Waals surface area contributed by atoms with Crippen molar-refractivity contribution in [2.45, 2.75) is 64.1 Å². The number of likely N-dealkylation sites (tertiary alicyclic amines) is 1. The number of hydrogen-bond donors (Lipinski definition) is 3. The summed E-state index contributed by atoms with van der Waals surface area (Å²) in [5.74, 6) is -1.05. The lowest BCUT2D eigenvalue weighted by atomic mass is 9.75. The van der Waals surface area contributed by atoms with E-state index >= 15 is 0 Å². The van der Waals surface area contributed by atoms with Gasteiger partial charge in [-0.3, -0.25) is 0 Å².